The number of nitrogens with one attached hydrogen (secondary N) is 1. The van der Waals surface area contributed by atoms with Crippen molar-refractivity contribution in [3.63, 3.8) is 0 Å². The van der Waals surface area contributed by atoms with E-state index in [2.05, 4.69) is 5.32 Å². The highest BCUT2D eigenvalue weighted by molar-refractivity contribution is 5.81. The number of aliphatic carboxylic acids is 1. The third kappa shape index (κ3) is 13.3. The van der Waals surface area contributed by atoms with E-state index in [1.807, 2.05) is 0 Å². The molecule has 1 aliphatic heterocycles. The Labute approximate surface area is 285 Å². The summed E-state index contributed by atoms with van der Waals surface area (Å²) in [7, 11) is 0. The second kappa shape index (κ2) is 20.3. The molecule has 0 bridgehead atoms. The first-order valence-corrected chi connectivity index (χ1v) is 14.9. The zero-order valence-electron chi connectivity index (χ0n) is 27.3. The van der Waals surface area contributed by atoms with Gasteiger partial charge in [-0.05, 0) is 11.1 Å². The number of carboxylic acids is 1. The number of rotatable bonds is 18. The Kier molecular flexibility index (Phi) is 15.9. The molecule has 0 unspecified atom stereocenters. The summed E-state index contributed by atoms with van der Waals surface area (Å²) >= 11 is 0. The smallest absolute Gasteiger partial charge is 0.480 e. The van der Waals surface area contributed by atoms with Gasteiger partial charge < -0.3 is 57.8 Å². The summed E-state index contributed by atoms with van der Waals surface area (Å²) in [4.78, 5) is 73.0. The van der Waals surface area contributed by atoms with Gasteiger partial charge in [-0.2, -0.15) is 0 Å². The summed E-state index contributed by atoms with van der Waals surface area (Å²) in [6, 6.07) is 14.8. The number of carbonyl (C=O) groups is 6. The van der Waals surface area contributed by atoms with E-state index in [1.54, 1.807) is 60.7 Å². The molecule has 0 saturated carbocycles. The molecule has 0 spiro atoms. The molecule has 2 aromatic rings. The van der Waals surface area contributed by atoms with Gasteiger partial charge in [-0.15, -0.1) is 0 Å². The zero-order chi connectivity index (χ0) is 36.5. The average molecular weight is 708 g/mol. The van der Waals surface area contributed by atoms with Crippen LogP contribution >= 0.6 is 0 Å². The number of esters is 3. The minimum atomic E-state index is -2.10. The number of alkyl carbamates (subject to hydrolysis) is 1. The molecule has 272 valence electrons. The van der Waals surface area contributed by atoms with Crippen LogP contribution in [-0.2, 0) is 79.8 Å². The van der Waals surface area contributed by atoms with Gasteiger partial charge in [0.15, 0.2) is 38.8 Å². The van der Waals surface area contributed by atoms with Crippen molar-refractivity contribution in [2.75, 3.05) is 20.4 Å². The number of carboxylic acid groups (broad SMARTS) is 1. The number of amides is 1. The Bertz CT molecular complexity index is 1420. The van der Waals surface area contributed by atoms with Crippen molar-refractivity contribution >= 4 is 36.1 Å². The fourth-order valence-electron chi connectivity index (χ4n) is 4.35. The fourth-order valence-corrected chi connectivity index (χ4v) is 4.35. The van der Waals surface area contributed by atoms with Crippen molar-refractivity contribution in [3.8, 4) is 0 Å². The van der Waals surface area contributed by atoms with Crippen molar-refractivity contribution in [2.24, 2.45) is 0 Å². The molecule has 3 rings (SSSR count). The second-order valence-electron chi connectivity index (χ2n) is 10.3. The molecule has 0 aliphatic carbocycles. The molecular weight excluding hydrogens is 670 g/mol. The van der Waals surface area contributed by atoms with Crippen LogP contribution in [0, 0.1) is 0 Å². The Morgan fingerprint density at radius 3 is 1.66 bits per heavy atom. The summed E-state index contributed by atoms with van der Waals surface area (Å²) in [5.74, 6) is -3.94. The zero-order valence-corrected chi connectivity index (χ0v) is 27.3. The summed E-state index contributed by atoms with van der Waals surface area (Å²) in [5, 5.41) is 12.4. The molecule has 50 heavy (non-hydrogen) atoms. The molecule has 1 aliphatic rings. The van der Waals surface area contributed by atoms with Gasteiger partial charge in [-0.3, -0.25) is 14.4 Å². The summed E-state index contributed by atoms with van der Waals surface area (Å²) in [5.41, 5.74) is 1.15. The van der Waals surface area contributed by atoms with Gasteiger partial charge in [0.2, 0.25) is 0 Å². The van der Waals surface area contributed by atoms with Crippen molar-refractivity contribution in [2.45, 2.75) is 70.7 Å². The topological polar surface area (TPSA) is 227 Å². The quantitative estimate of drug-likeness (QED) is 0.128. The monoisotopic (exact) mass is 707 g/mol. The predicted octanol–water partition coefficient (Wildman–Crippen LogP) is 2.16. The lowest BCUT2D eigenvalue weighted by atomic mass is 9.99. The molecule has 0 radical (unpaired) electrons. The minimum Gasteiger partial charge on any atom is -0.480 e. The van der Waals surface area contributed by atoms with E-state index in [9.17, 15) is 33.9 Å². The van der Waals surface area contributed by atoms with E-state index in [4.69, 9.17) is 47.4 Å². The molecular formula is C32H37NO17. The van der Waals surface area contributed by atoms with Crippen molar-refractivity contribution < 1.29 is 81.2 Å². The third-order valence-electron chi connectivity index (χ3n) is 6.58. The first kappa shape index (κ1) is 39.1. The molecule has 2 N–H and O–H groups in total. The number of ether oxygens (including phenoxy) is 10. The summed E-state index contributed by atoms with van der Waals surface area (Å²) < 4.78 is 53.1. The van der Waals surface area contributed by atoms with E-state index in [-0.39, 0.29) is 13.2 Å². The maximum absolute atomic E-state index is 13.0. The number of benzene rings is 2. The standard InChI is InChI=1S/C32H37NO17/c1-19(34)43-16-46-26-27(49-30(48-18-45-21(3)36)28(26)47-17-44-20(2)35)25(50-32(40)42-15-23-12-8-5-9-13-23)24(29(37)38)33-31(39)41-14-22-10-6-4-7-11-22/h4-13,24-28,30H,14-18H2,1-3H3,(H,33,39)(H,37,38)/t24-,25-,26-,27+,28-,30+/m1/s1. The Morgan fingerprint density at radius 2 is 1.16 bits per heavy atom. The van der Waals surface area contributed by atoms with Crippen molar-refractivity contribution in [1.29, 1.82) is 0 Å². The Hall–Kier alpha value is -5.30. The predicted molar refractivity (Wildman–Crippen MR) is 162 cm³/mol. The van der Waals surface area contributed by atoms with E-state index in [1.165, 1.54) is 0 Å². The molecule has 1 heterocycles. The Balaban J connectivity index is 1.96. The van der Waals surface area contributed by atoms with Gasteiger partial charge in [0.25, 0.3) is 0 Å². The van der Waals surface area contributed by atoms with Crippen molar-refractivity contribution in [3.05, 3.63) is 71.8 Å². The van der Waals surface area contributed by atoms with E-state index in [0.29, 0.717) is 11.1 Å². The molecule has 2 aromatic carbocycles. The maximum Gasteiger partial charge on any atom is 0.509 e. The molecule has 0 aromatic heterocycles. The lowest BCUT2D eigenvalue weighted by Gasteiger charge is -2.31. The Morgan fingerprint density at radius 1 is 0.680 bits per heavy atom. The largest absolute Gasteiger partial charge is 0.509 e. The van der Waals surface area contributed by atoms with Crippen molar-refractivity contribution in [1.82, 2.24) is 5.32 Å². The lowest BCUT2D eigenvalue weighted by molar-refractivity contribution is -0.234. The fraction of sp³-hybridized carbons (Fsp3) is 0.438. The molecule has 18 heteroatoms. The van der Waals surface area contributed by atoms with Gasteiger partial charge in [0.1, 0.15) is 31.5 Å². The van der Waals surface area contributed by atoms with Crippen LogP contribution in [0.2, 0.25) is 0 Å². The van der Waals surface area contributed by atoms with Gasteiger partial charge >= 0.3 is 36.1 Å². The van der Waals surface area contributed by atoms with Crippen LogP contribution in [0.3, 0.4) is 0 Å². The van der Waals surface area contributed by atoms with Crippen LogP contribution in [0.4, 0.5) is 9.59 Å². The maximum atomic E-state index is 13.0. The molecule has 18 nitrogen and oxygen atoms in total. The highest BCUT2D eigenvalue weighted by Gasteiger charge is 2.55. The van der Waals surface area contributed by atoms with Gasteiger partial charge in [0, 0.05) is 20.8 Å². The normalized spacial score (nSPS) is 19.3. The third-order valence-corrected chi connectivity index (χ3v) is 6.58. The van der Waals surface area contributed by atoms with E-state index < -0.39 is 93.3 Å². The highest BCUT2D eigenvalue weighted by atomic mass is 16.8. The summed E-state index contributed by atoms with van der Waals surface area (Å²) in [6.45, 7) is 0.623. The summed E-state index contributed by atoms with van der Waals surface area (Å²) in [6.07, 6.45) is -10.9. The molecule has 1 amide bonds. The van der Waals surface area contributed by atoms with Gasteiger partial charge in [0.05, 0.1) is 0 Å². The number of hydrogen-bond donors (Lipinski definition) is 2. The molecule has 1 saturated heterocycles. The minimum absolute atomic E-state index is 0.240. The first-order valence-electron chi connectivity index (χ1n) is 14.9. The lowest BCUT2D eigenvalue weighted by Crippen LogP contribution is -2.58. The van der Waals surface area contributed by atoms with Crippen LogP contribution in [0.1, 0.15) is 31.9 Å². The number of carbonyl (C=O) groups excluding carboxylic acids is 5. The van der Waals surface area contributed by atoms with E-state index in [0.717, 1.165) is 20.8 Å². The highest BCUT2D eigenvalue weighted by Crippen LogP contribution is 2.32. The number of hydrogen-bond acceptors (Lipinski definition) is 16. The van der Waals surface area contributed by atoms with Crippen LogP contribution < -0.4 is 5.32 Å². The first-order chi connectivity index (χ1) is 23.9. The van der Waals surface area contributed by atoms with Crippen LogP contribution in [0.25, 0.3) is 0 Å². The van der Waals surface area contributed by atoms with Gasteiger partial charge in [-0.25, -0.2) is 14.4 Å². The van der Waals surface area contributed by atoms with Crippen LogP contribution in [0.15, 0.2) is 60.7 Å². The van der Waals surface area contributed by atoms with Crippen LogP contribution in [0.5, 0.6) is 0 Å². The van der Waals surface area contributed by atoms with E-state index >= 15 is 0 Å². The van der Waals surface area contributed by atoms with Gasteiger partial charge in [-0.1, -0.05) is 60.7 Å². The average Bonchev–Trinajstić information content (AvgIpc) is 3.41. The SMILES string of the molecule is CC(=O)OCO[C@H]1O[C@@H]([C@H](OC(=O)OCc2ccccc2)[C@@H](NC(=O)OCc2ccccc2)C(=O)O)[C@@H](OCOC(C)=O)[C@H]1OCOC(C)=O. The molecule has 1 fully saturated rings. The molecule has 6 atom stereocenters. The van der Waals surface area contributed by atoms with Crippen LogP contribution in [-0.4, -0.2) is 98.4 Å². The second-order valence-corrected chi connectivity index (χ2v) is 10.3.